The maximum atomic E-state index is 10.6. The molecule has 4 heteroatoms. The molecule has 2 nitrogen and oxygen atoms in total. The van der Waals surface area contributed by atoms with Gasteiger partial charge in [0.05, 0.1) is 6.10 Å². The molecule has 0 aliphatic carbocycles. The Morgan fingerprint density at radius 2 is 1.95 bits per heavy atom. The van der Waals surface area contributed by atoms with Crippen LogP contribution in [0.1, 0.15) is 34.9 Å². The fourth-order valence-corrected chi connectivity index (χ4v) is 3.41. The number of aryl methyl sites for hydroxylation is 1. The van der Waals surface area contributed by atoms with Crippen LogP contribution in [-0.2, 0) is 6.42 Å². The van der Waals surface area contributed by atoms with Crippen LogP contribution < -0.4 is 5.73 Å². The monoisotopic (exact) mass is 295 g/mol. The van der Waals surface area contributed by atoms with E-state index in [-0.39, 0.29) is 5.92 Å². The molecule has 0 bridgehead atoms. The van der Waals surface area contributed by atoms with Gasteiger partial charge in [-0.2, -0.15) is 0 Å². The molecule has 1 aromatic carbocycles. The van der Waals surface area contributed by atoms with Gasteiger partial charge in [-0.25, -0.2) is 0 Å². The van der Waals surface area contributed by atoms with E-state index in [1.54, 1.807) is 11.3 Å². The van der Waals surface area contributed by atoms with E-state index in [4.69, 9.17) is 17.3 Å². The molecule has 0 aliphatic rings. The first kappa shape index (κ1) is 14.5. The first-order valence-electron chi connectivity index (χ1n) is 6.37. The lowest BCUT2D eigenvalue weighted by molar-refractivity contribution is 0.150. The van der Waals surface area contributed by atoms with Crippen molar-refractivity contribution in [2.45, 2.75) is 25.4 Å². The fourth-order valence-electron chi connectivity index (χ4n) is 2.24. The van der Waals surface area contributed by atoms with Gasteiger partial charge < -0.3 is 10.8 Å². The van der Waals surface area contributed by atoms with E-state index in [1.165, 1.54) is 5.56 Å². The van der Waals surface area contributed by atoms with Crippen LogP contribution >= 0.6 is 22.9 Å². The quantitative estimate of drug-likeness (QED) is 0.882. The smallest absolute Gasteiger partial charge is 0.0965 e. The minimum atomic E-state index is -0.555. The molecule has 1 aromatic heterocycles. The Morgan fingerprint density at radius 1 is 1.26 bits per heavy atom. The maximum absolute atomic E-state index is 10.6. The molecule has 2 rings (SSSR count). The Hall–Kier alpha value is -0.870. The molecule has 2 atom stereocenters. The summed E-state index contributed by atoms with van der Waals surface area (Å²) in [7, 11) is 0. The number of nitrogens with two attached hydrogens (primary N) is 1. The van der Waals surface area contributed by atoms with E-state index in [1.807, 2.05) is 29.6 Å². The third-order valence-electron chi connectivity index (χ3n) is 3.36. The summed E-state index contributed by atoms with van der Waals surface area (Å²) in [6, 6.07) is 9.60. The average Bonchev–Trinajstić information content (AvgIpc) is 2.90. The van der Waals surface area contributed by atoms with Gasteiger partial charge in [-0.05, 0) is 41.1 Å². The van der Waals surface area contributed by atoms with Crippen LogP contribution in [0.5, 0.6) is 0 Å². The third-order valence-corrected chi connectivity index (χ3v) is 4.65. The number of halogens is 1. The highest BCUT2D eigenvalue weighted by atomic mass is 35.5. The van der Waals surface area contributed by atoms with Gasteiger partial charge in [0.25, 0.3) is 0 Å². The molecule has 1 heterocycles. The Labute approximate surface area is 122 Å². The lowest BCUT2D eigenvalue weighted by Crippen LogP contribution is -2.20. The van der Waals surface area contributed by atoms with Gasteiger partial charge in [0.15, 0.2) is 0 Å². The van der Waals surface area contributed by atoms with E-state index in [9.17, 15) is 5.11 Å². The number of thiophene rings is 1. The Bertz CT molecular complexity index is 523. The Morgan fingerprint density at radius 3 is 2.53 bits per heavy atom. The zero-order valence-electron chi connectivity index (χ0n) is 10.8. The van der Waals surface area contributed by atoms with E-state index >= 15 is 0 Å². The third kappa shape index (κ3) is 3.18. The van der Waals surface area contributed by atoms with Crippen LogP contribution in [0.4, 0.5) is 0 Å². The maximum Gasteiger partial charge on any atom is 0.0965 e. The van der Waals surface area contributed by atoms with Crippen LogP contribution in [-0.4, -0.2) is 11.7 Å². The number of hydrogen-bond donors (Lipinski definition) is 2. The van der Waals surface area contributed by atoms with Crippen LogP contribution in [0.25, 0.3) is 0 Å². The second-order valence-electron chi connectivity index (χ2n) is 4.50. The molecule has 0 aliphatic heterocycles. The Balaban J connectivity index is 2.29. The molecule has 0 saturated heterocycles. The lowest BCUT2D eigenvalue weighted by atomic mass is 9.91. The van der Waals surface area contributed by atoms with Crippen molar-refractivity contribution in [1.82, 2.24) is 0 Å². The van der Waals surface area contributed by atoms with Gasteiger partial charge in [-0.15, -0.1) is 11.3 Å². The molecule has 0 saturated carbocycles. The van der Waals surface area contributed by atoms with Gasteiger partial charge in [-0.1, -0.05) is 30.7 Å². The number of benzene rings is 1. The first-order chi connectivity index (χ1) is 9.17. The van der Waals surface area contributed by atoms with Crippen molar-refractivity contribution >= 4 is 22.9 Å². The molecule has 3 N–H and O–H groups in total. The molecule has 2 unspecified atom stereocenters. The second-order valence-corrected chi connectivity index (χ2v) is 5.89. The van der Waals surface area contributed by atoms with E-state index < -0.39 is 6.10 Å². The first-order valence-corrected chi connectivity index (χ1v) is 7.63. The van der Waals surface area contributed by atoms with Gasteiger partial charge in [0.2, 0.25) is 0 Å². The predicted molar refractivity (Wildman–Crippen MR) is 81.9 cm³/mol. The van der Waals surface area contributed by atoms with Crippen LogP contribution in [0.2, 0.25) is 5.02 Å². The van der Waals surface area contributed by atoms with Crippen molar-refractivity contribution in [2.24, 2.45) is 5.73 Å². The SMILES string of the molecule is CCc1ccsc1C(O)C(CN)c1ccc(Cl)cc1. The normalized spacial score (nSPS) is 14.3. The molecule has 102 valence electrons. The number of aliphatic hydroxyl groups is 1. The van der Waals surface area contributed by atoms with Gasteiger partial charge in [-0.3, -0.25) is 0 Å². The summed E-state index contributed by atoms with van der Waals surface area (Å²) in [6.07, 6.45) is 0.370. The molecule has 0 fully saturated rings. The van der Waals surface area contributed by atoms with E-state index in [0.717, 1.165) is 16.9 Å². The lowest BCUT2D eigenvalue weighted by Gasteiger charge is -2.22. The Kier molecular flexibility index (Phi) is 4.99. The van der Waals surface area contributed by atoms with Gasteiger partial charge in [0.1, 0.15) is 0 Å². The summed E-state index contributed by atoms with van der Waals surface area (Å²) in [6.45, 7) is 2.50. The zero-order valence-corrected chi connectivity index (χ0v) is 12.4. The van der Waals surface area contributed by atoms with Crippen molar-refractivity contribution in [2.75, 3.05) is 6.54 Å². The number of hydrogen-bond acceptors (Lipinski definition) is 3. The van der Waals surface area contributed by atoms with Crippen molar-refractivity contribution in [1.29, 1.82) is 0 Å². The van der Waals surface area contributed by atoms with E-state index in [0.29, 0.717) is 11.6 Å². The van der Waals surface area contributed by atoms with Crippen molar-refractivity contribution in [3.63, 3.8) is 0 Å². The average molecular weight is 296 g/mol. The predicted octanol–water partition coefficient (Wildman–Crippen LogP) is 3.74. The highest BCUT2D eigenvalue weighted by Gasteiger charge is 2.24. The summed E-state index contributed by atoms with van der Waals surface area (Å²) < 4.78 is 0. The largest absolute Gasteiger partial charge is 0.387 e. The molecule has 0 radical (unpaired) electrons. The molecular formula is C15H18ClNOS. The summed E-state index contributed by atoms with van der Waals surface area (Å²) in [4.78, 5) is 1.02. The number of aliphatic hydroxyl groups excluding tert-OH is 1. The standard InChI is InChI=1S/C15H18ClNOS/c1-2-10-7-8-19-15(10)14(18)13(9-17)11-3-5-12(16)6-4-11/h3-8,13-14,18H,2,9,17H2,1H3. The fraction of sp³-hybridized carbons (Fsp3) is 0.333. The number of rotatable bonds is 5. The van der Waals surface area contributed by atoms with Crippen LogP contribution in [0.3, 0.4) is 0 Å². The molecule has 19 heavy (non-hydrogen) atoms. The minimum absolute atomic E-state index is 0.0961. The molecule has 0 spiro atoms. The van der Waals surface area contributed by atoms with Crippen molar-refractivity contribution in [3.05, 3.63) is 56.7 Å². The highest BCUT2D eigenvalue weighted by molar-refractivity contribution is 7.10. The summed E-state index contributed by atoms with van der Waals surface area (Å²) in [5.41, 5.74) is 8.08. The van der Waals surface area contributed by atoms with Gasteiger partial charge in [0, 0.05) is 22.4 Å². The summed E-state index contributed by atoms with van der Waals surface area (Å²) in [5, 5.41) is 13.3. The summed E-state index contributed by atoms with van der Waals surface area (Å²) >= 11 is 7.49. The molecule has 2 aromatic rings. The van der Waals surface area contributed by atoms with Gasteiger partial charge >= 0.3 is 0 Å². The topological polar surface area (TPSA) is 46.2 Å². The highest BCUT2D eigenvalue weighted by Crippen LogP contribution is 2.35. The van der Waals surface area contributed by atoms with Crippen LogP contribution in [0, 0.1) is 0 Å². The van der Waals surface area contributed by atoms with Crippen molar-refractivity contribution in [3.8, 4) is 0 Å². The summed E-state index contributed by atoms with van der Waals surface area (Å²) in [5.74, 6) is -0.0961. The van der Waals surface area contributed by atoms with Crippen molar-refractivity contribution < 1.29 is 5.11 Å². The molecule has 0 amide bonds. The second kappa shape index (κ2) is 6.53. The molecular weight excluding hydrogens is 278 g/mol. The zero-order chi connectivity index (χ0) is 13.8. The minimum Gasteiger partial charge on any atom is -0.387 e. The van der Waals surface area contributed by atoms with E-state index in [2.05, 4.69) is 13.0 Å². The van der Waals surface area contributed by atoms with Crippen LogP contribution in [0.15, 0.2) is 35.7 Å².